The Bertz CT molecular complexity index is 341. The monoisotopic (exact) mass is 301 g/mol. The molecule has 0 fully saturated rings. The Morgan fingerprint density at radius 1 is 1.29 bits per heavy atom. The van der Waals surface area contributed by atoms with E-state index in [1.54, 1.807) is 6.07 Å². The van der Waals surface area contributed by atoms with Crippen LogP contribution in [0.25, 0.3) is 0 Å². The Kier molecular flexibility index (Phi) is 6.34. The van der Waals surface area contributed by atoms with Gasteiger partial charge in [-0.05, 0) is 28.8 Å². The van der Waals surface area contributed by atoms with Gasteiger partial charge in [-0.25, -0.2) is 0 Å². The maximum absolute atomic E-state index is 12.2. The molecule has 1 aromatic rings. The second-order valence-electron chi connectivity index (χ2n) is 4.14. The van der Waals surface area contributed by atoms with E-state index in [1.165, 1.54) is 6.26 Å². The van der Waals surface area contributed by atoms with E-state index < -0.39 is 0 Å². The van der Waals surface area contributed by atoms with Gasteiger partial charge in [-0.3, -0.25) is 4.79 Å². The van der Waals surface area contributed by atoms with E-state index in [1.807, 2.05) is 4.90 Å². The predicted molar refractivity (Wildman–Crippen MR) is 72.1 cm³/mol. The van der Waals surface area contributed by atoms with Crippen LogP contribution in [0.4, 0.5) is 0 Å². The molecular weight excluding hydrogens is 282 g/mol. The van der Waals surface area contributed by atoms with Crippen LogP contribution in [0.2, 0.25) is 0 Å². The van der Waals surface area contributed by atoms with Crippen LogP contribution >= 0.6 is 15.9 Å². The number of hydrogen-bond acceptors (Lipinski definition) is 2. The first-order chi connectivity index (χ1) is 8.19. The molecule has 3 nitrogen and oxygen atoms in total. The molecule has 1 heterocycles. The molecule has 1 rings (SSSR count). The number of nitrogens with zero attached hydrogens (tertiary/aromatic N) is 1. The molecule has 1 aromatic heterocycles. The summed E-state index contributed by atoms with van der Waals surface area (Å²) in [5, 5.41) is 0. The summed E-state index contributed by atoms with van der Waals surface area (Å²) in [6, 6.07) is 1.73. The van der Waals surface area contributed by atoms with Crippen molar-refractivity contribution in [2.75, 3.05) is 13.1 Å². The smallest absolute Gasteiger partial charge is 0.257 e. The van der Waals surface area contributed by atoms with E-state index in [0.717, 1.165) is 38.8 Å². The Balaban J connectivity index is 2.64. The summed E-state index contributed by atoms with van der Waals surface area (Å²) in [5.74, 6) is 0.0707. The molecule has 4 heteroatoms. The first-order valence-corrected chi connectivity index (χ1v) is 7.01. The van der Waals surface area contributed by atoms with Gasteiger partial charge in [-0.1, -0.05) is 26.7 Å². The largest absolute Gasteiger partial charge is 0.457 e. The van der Waals surface area contributed by atoms with Crippen molar-refractivity contribution in [1.82, 2.24) is 4.90 Å². The molecule has 0 aliphatic carbocycles. The van der Waals surface area contributed by atoms with Crippen molar-refractivity contribution in [3.8, 4) is 0 Å². The van der Waals surface area contributed by atoms with Gasteiger partial charge >= 0.3 is 0 Å². The Morgan fingerprint density at radius 2 is 1.88 bits per heavy atom. The Labute approximate surface area is 111 Å². The van der Waals surface area contributed by atoms with Crippen LogP contribution in [0.15, 0.2) is 21.4 Å². The van der Waals surface area contributed by atoms with E-state index in [4.69, 9.17) is 4.42 Å². The van der Waals surface area contributed by atoms with Crippen LogP contribution in [-0.2, 0) is 0 Å². The number of unbranched alkanes of at least 4 members (excludes halogenated alkanes) is 2. The zero-order chi connectivity index (χ0) is 12.7. The predicted octanol–water partition coefficient (Wildman–Crippen LogP) is 4.08. The number of hydrogen-bond donors (Lipinski definition) is 0. The minimum atomic E-state index is 0.0707. The van der Waals surface area contributed by atoms with Gasteiger partial charge in [0.05, 0.1) is 5.56 Å². The van der Waals surface area contributed by atoms with E-state index in [9.17, 15) is 4.79 Å². The van der Waals surface area contributed by atoms with Crippen molar-refractivity contribution < 1.29 is 9.21 Å². The van der Waals surface area contributed by atoms with Gasteiger partial charge in [0.15, 0.2) is 4.67 Å². The fourth-order valence-electron chi connectivity index (χ4n) is 1.62. The quantitative estimate of drug-likeness (QED) is 0.760. The first-order valence-electron chi connectivity index (χ1n) is 6.22. The van der Waals surface area contributed by atoms with Gasteiger partial charge in [0.1, 0.15) is 6.26 Å². The van der Waals surface area contributed by atoms with E-state index >= 15 is 0 Å². The van der Waals surface area contributed by atoms with Crippen molar-refractivity contribution in [3.05, 3.63) is 22.6 Å². The number of carbonyl (C=O) groups excluding carboxylic acids is 1. The summed E-state index contributed by atoms with van der Waals surface area (Å²) in [5.41, 5.74) is 0.629. The average molecular weight is 302 g/mol. The van der Waals surface area contributed by atoms with Crippen LogP contribution in [0.3, 0.4) is 0 Å². The third-order valence-corrected chi connectivity index (χ3v) is 3.08. The molecule has 17 heavy (non-hydrogen) atoms. The van der Waals surface area contributed by atoms with Crippen LogP contribution in [0.1, 0.15) is 49.9 Å². The molecule has 0 saturated carbocycles. The molecule has 0 spiro atoms. The lowest BCUT2D eigenvalue weighted by molar-refractivity contribution is 0.0750. The van der Waals surface area contributed by atoms with Crippen molar-refractivity contribution >= 4 is 21.8 Å². The van der Waals surface area contributed by atoms with E-state index in [0.29, 0.717) is 10.2 Å². The van der Waals surface area contributed by atoms with Crippen LogP contribution in [-0.4, -0.2) is 23.9 Å². The third-order valence-electron chi connectivity index (χ3n) is 2.66. The highest BCUT2D eigenvalue weighted by Crippen LogP contribution is 2.16. The molecule has 0 atom stereocenters. The summed E-state index contributed by atoms with van der Waals surface area (Å²) in [6.07, 6.45) is 5.82. The number of rotatable bonds is 7. The van der Waals surface area contributed by atoms with Gasteiger partial charge in [0, 0.05) is 19.2 Å². The summed E-state index contributed by atoms with van der Waals surface area (Å²) in [7, 11) is 0. The molecule has 0 N–H and O–H groups in total. The van der Waals surface area contributed by atoms with E-state index in [-0.39, 0.29) is 5.91 Å². The number of halogens is 1. The zero-order valence-corrected chi connectivity index (χ0v) is 12.1. The molecule has 0 aromatic carbocycles. The highest BCUT2D eigenvalue weighted by Gasteiger charge is 2.16. The number of amides is 1. The first kappa shape index (κ1) is 14.3. The molecule has 0 unspecified atom stereocenters. The second-order valence-corrected chi connectivity index (χ2v) is 4.92. The zero-order valence-electron chi connectivity index (χ0n) is 10.5. The van der Waals surface area contributed by atoms with Gasteiger partial charge in [-0.15, -0.1) is 0 Å². The van der Waals surface area contributed by atoms with Gasteiger partial charge in [-0.2, -0.15) is 0 Å². The van der Waals surface area contributed by atoms with Crippen molar-refractivity contribution in [3.63, 3.8) is 0 Å². The lowest BCUT2D eigenvalue weighted by atomic mass is 10.2. The molecule has 0 radical (unpaired) electrons. The highest BCUT2D eigenvalue weighted by atomic mass is 79.9. The second kappa shape index (κ2) is 7.54. The maximum Gasteiger partial charge on any atom is 0.257 e. The van der Waals surface area contributed by atoms with Gasteiger partial charge in [0.25, 0.3) is 5.91 Å². The van der Waals surface area contributed by atoms with Crippen LogP contribution < -0.4 is 0 Å². The standard InChI is InChI=1S/C13H20BrNO2/c1-3-5-7-15(8-6-4-2)13(16)11-9-12(14)17-10-11/h9-10H,3-8H2,1-2H3. The molecule has 0 bridgehead atoms. The van der Waals surface area contributed by atoms with Crippen molar-refractivity contribution in [1.29, 1.82) is 0 Å². The average Bonchev–Trinajstić information content (AvgIpc) is 2.75. The molecular formula is C13H20BrNO2. The van der Waals surface area contributed by atoms with Gasteiger partial charge < -0.3 is 9.32 Å². The molecule has 1 amide bonds. The maximum atomic E-state index is 12.2. The summed E-state index contributed by atoms with van der Waals surface area (Å²) < 4.78 is 5.72. The fourth-order valence-corrected chi connectivity index (χ4v) is 1.96. The number of furan rings is 1. The van der Waals surface area contributed by atoms with Crippen molar-refractivity contribution in [2.24, 2.45) is 0 Å². The topological polar surface area (TPSA) is 33.5 Å². The molecule has 96 valence electrons. The minimum absolute atomic E-state index is 0.0707. The Hall–Kier alpha value is -0.770. The summed E-state index contributed by atoms with van der Waals surface area (Å²) >= 11 is 3.22. The minimum Gasteiger partial charge on any atom is -0.457 e. The fraction of sp³-hybridized carbons (Fsp3) is 0.615. The number of carbonyl (C=O) groups is 1. The van der Waals surface area contributed by atoms with Crippen molar-refractivity contribution in [2.45, 2.75) is 39.5 Å². The third kappa shape index (κ3) is 4.54. The SMILES string of the molecule is CCCCN(CCCC)C(=O)c1coc(Br)c1. The summed E-state index contributed by atoms with van der Waals surface area (Å²) in [6.45, 7) is 5.93. The lowest BCUT2D eigenvalue weighted by Gasteiger charge is -2.21. The molecule has 0 aliphatic heterocycles. The molecule has 0 aliphatic rings. The van der Waals surface area contributed by atoms with Crippen LogP contribution in [0.5, 0.6) is 0 Å². The van der Waals surface area contributed by atoms with Crippen LogP contribution in [0, 0.1) is 0 Å². The summed E-state index contributed by atoms with van der Waals surface area (Å²) in [4.78, 5) is 14.1. The van der Waals surface area contributed by atoms with E-state index in [2.05, 4.69) is 29.8 Å². The molecule has 0 saturated heterocycles. The normalized spacial score (nSPS) is 10.5. The Morgan fingerprint density at radius 3 is 2.29 bits per heavy atom. The van der Waals surface area contributed by atoms with Gasteiger partial charge in [0.2, 0.25) is 0 Å². The highest BCUT2D eigenvalue weighted by molar-refractivity contribution is 9.10. The lowest BCUT2D eigenvalue weighted by Crippen LogP contribution is -2.32.